The van der Waals surface area contributed by atoms with Crippen LogP contribution in [-0.4, -0.2) is 24.6 Å². The molecule has 4 nitrogen and oxygen atoms in total. The van der Waals surface area contributed by atoms with Crippen molar-refractivity contribution in [1.82, 2.24) is 4.98 Å². The lowest BCUT2D eigenvalue weighted by atomic mass is 9.82. The van der Waals surface area contributed by atoms with E-state index in [0.29, 0.717) is 5.69 Å². The van der Waals surface area contributed by atoms with Crippen LogP contribution in [0.4, 0.5) is 5.69 Å². The normalized spacial score (nSPS) is 22.8. The molecular formula is C15H22N2O2. The van der Waals surface area contributed by atoms with Crippen LogP contribution in [0.2, 0.25) is 0 Å². The molecule has 2 atom stereocenters. The van der Waals surface area contributed by atoms with Crippen LogP contribution in [0.25, 0.3) is 0 Å². The minimum Gasteiger partial charge on any atom is -0.464 e. The molecule has 0 radical (unpaired) electrons. The SMILES string of the molecule is COC(=O)c1cc(NCC2CCCC(C)C2)ccn1. The van der Waals surface area contributed by atoms with Crippen molar-refractivity contribution in [3.05, 3.63) is 24.0 Å². The molecule has 0 saturated heterocycles. The fourth-order valence-electron chi connectivity index (χ4n) is 2.76. The van der Waals surface area contributed by atoms with E-state index in [1.165, 1.54) is 32.8 Å². The highest BCUT2D eigenvalue weighted by atomic mass is 16.5. The lowest BCUT2D eigenvalue weighted by molar-refractivity contribution is 0.0594. The Morgan fingerprint density at radius 2 is 2.37 bits per heavy atom. The minimum atomic E-state index is -0.394. The molecule has 0 spiro atoms. The molecule has 104 valence electrons. The van der Waals surface area contributed by atoms with Crippen molar-refractivity contribution in [2.75, 3.05) is 19.0 Å². The first-order chi connectivity index (χ1) is 9.19. The van der Waals surface area contributed by atoms with Crippen LogP contribution in [-0.2, 0) is 4.74 Å². The Hall–Kier alpha value is -1.58. The van der Waals surface area contributed by atoms with E-state index < -0.39 is 5.97 Å². The maximum atomic E-state index is 11.4. The second-order valence-corrected chi connectivity index (χ2v) is 5.44. The summed E-state index contributed by atoms with van der Waals surface area (Å²) in [6, 6.07) is 3.64. The van der Waals surface area contributed by atoms with Gasteiger partial charge < -0.3 is 10.1 Å². The summed E-state index contributed by atoms with van der Waals surface area (Å²) < 4.78 is 4.67. The zero-order valence-corrected chi connectivity index (χ0v) is 11.7. The molecule has 0 bridgehead atoms. The first kappa shape index (κ1) is 13.8. The quantitative estimate of drug-likeness (QED) is 0.847. The fourth-order valence-corrected chi connectivity index (χ4v) is 2.76. The number of rotatable bonds is 4. The monoisotopic (exact) mass is 262 g/mol. The molecule has 1 aromatic rings. The van der Waals surface area contributed by atoms with E-state index >= 15 is 0 Å². The zero-order chi connectivity index (χ0) is 13.7. The average Bonchev–Trinajstić information content (AvgIpc) is 2.45. The third kappa shape index (κ3) is 3.94. The standard InChI is InChI=1S/C15H22N2O2/c1-11-4-3-5-12(8-11)10-17-13-6-7-16-14(9-13)15(18)19-2/h6-7,9,11-12H,3-5,8,10H2,1-2H3,(H,16,17). The van der Waals surface area contributed by atoms with Gasteiger partial charge in [0.15, 0.2) is 0 Å². The number of anilines is 1. The van der Waals surface area contributed by atoms with Crippen molar-refractivity contribution in [2.45, 2.75) is 32.6 Å². The summed E-state index contributed by atoms with van der Waals surface area (Å²) in [5, 5.41) is 3.41. The summed E-state index contributed by atoms with van der Waals surface area (Å²) in [7, 11) is 1.37. The van der Waals surface area contributed by atoms with Crippen molar-refractivity contribution in [3.8, 4) is 0 Å². The van der Waals surface area contributed by atoms with Crippen LogP contribution >= 0.6 is 0 Å². The van der Waals surface area contributed by atoms with Gasteiger partial charge in [-0.2, -0.15) is 0 Å². The number of carbonyl (C=O) groups is 1. The highest BCUT2D eigenvalue weighted by Gasteiger charge is 2.18. The highest BCUT2D eigenvalue weighted by Crippen LogP contribution is 2.28. The Morgan fingerprint density at radius 1 is 1.53 bits per heavy atom. The summed E-state index contributed by atoms with van der Waals surface area (Å²) in [5.74, 6) is 1.18. The Kier molecular flexibility index (Phi) is 4.77. The lowest BCUT2D eigenvalue weighted by Gasteiger charge is -2.27. The summed E-state index contributed by atoms with van der Waals surface area (Å²) in [6.07, 6.45) is 6.92. The summed E-state index contributed by atoms with van der Waals surface area (Å²) in [4.78, 5) is 15.4. The maximum absolute atomic E-state index is 11.4. The van der Waals surface area contributed by atoms with Crippen molar-refractivity contribution in [1.29, 1.82) is 0 Å². The number of pyridine rings is 1. The fraction of sp³-hybridized carbons (Fsp3) is 0.600. The maximum Gasteiger partial charge on any atom is 0.356 e. The van der Waals surface area contributed by atoms with Crippen LogP contribution in [0.5, 0.6) is 0 Å². The van der Waals surface area contributed by atoms with Gasteiger partial charge in [-0.15, -0.1) is 0 Å². The van der Waals surface area contributed by atoms with Gasteiger partial charge in [-0.1, -0.05) is 19.8 Å². The van der Waals surface area contributed by atoms with Gasteiger partial charge in [0.25, 0.3) is 0 Å². The van der Waals surface area contributed by atoms with E-state index in [2.05, 4.69) is 22.0 Å². The Balaban J connectivity index is 1.90. The smallest absolute Gasteiger partial charge is 0.356 e. The number of hydrogen-bond donors (Lipinski definition) is 1. The molecule has 19 heavy (non-hydrogen) atoms. The lowest BCUT2D eigenvalue weighted by Crippen LogP contribution is -2.21. The minimum absolute atomic E-state index is 0.351. The van der Waals surface area contributed by atoms with Gasteiger partial charge in [0.05, 0.1) is 7.11 Å². The van der Waals surface area contributed by atoms with E-state index in [9.17, 15) is 4.79 Å². The number of carbonyl (C=O) groups excluding carboxylic acids is 1. The van der Waals surface area contributed by atoms with Crippen LogP contribution in [0.1, 0.15) is 43.1 Å². The van der Waals surface area contributed by atoms with Gasteiger partial charge in [0.2, 0.25) is 0 Å². The number of ether oxygens (including phenoxy) is 1. The van der Waals surface area contributed by atoms with Crippen molar-refractivity contribution in [3.63, 3.8) is 0 Å². The van der Waals surface area contributed by atoms with E-state index in [-0.39, 0.29) is 0 Å². The molecule has 0 aromatic carbocycles. The number of nitrogens with zero attached hydrogens (tertiary/aromatic N) is 1. The van der Waals surface area contributed by atoms with Crippen LogP contribution < -0.4 is 5.32 Å². The first-order valence-corrected chi connectivity index (χ1v) is 6.97. The predicted octanol–water partition coefficient (Wildman–Crippen LogP) is 3.11. The Bertz CT molecular complexity index is 434. The van der Waals surface area contributed by atoms with Crippen LogP contribution in [0.15, 0.2) is 18.3 Å². The number of hydrogen-bond acceptors (Lipinski definition) is 4. The number of nitrogens with one attached hydrogen (secondary N) is 1. The van der Waals surface area contributed by atoms with Crippen molar-refractivity contribution < 1.29 is 9.53 Å². The van der Waals surface area contributed by atoms with Crippen molar-refractivity contribution in [2.24, 2.45) is 11.8 Å². The molecule has 1 aliphatic rings. The van der Waals surface area contributed by atoms with E-state index in [4.69, 9.17) is 0 Å². The molecule has 0 aliphatic heterocycles. The molecular weight excluding hydrogens is 240 g/mol. The highest BCUT2D eigenvalue weighted by molar-refractivity contribution is 5.88. The number of methoxy groups -OCH3 is 1. The molecule has 1 aromatic heterocycles. The molecule has 4 heteroatoms. The van der Waals surface area contributed by atoms with E-state index in [0.717, 1.165) is 24.1 Å². The van der Waals surface area contributed by atoms with Gasteiger partial charge in [0.1, 0.15) is 5.69 Å². The molecule has 1 saturated carbocycles. The molecule has 1 N–H and O–H groups in total. The summed E-state index contributed by atoms with van der Waals surface area (Å²) in [5.41, 5.74) is 1.29. The second-order valence-electron chi connectivity index (χ2n) is 5.44. The molecule has 2 rings (SSSR count). The van der Waals surface area contributed by atoms with Crippen LogP contribution in [0, 0.1) is 11.8 Å². The zero-order valence-electron chi connectivity index (χ0n) is 11.7. The number of aromatic nitrogens is 1. The summed E-state index contributed by atoms with van der Waals surface area (Å²) >= 11 is 0. The van der Waals surface area contributed by atoms with Gasteiger partial charge in [-0.3, -0.25) is 0 Å². The van der Waals surface area contributed by atoms with Gasteiger partial charge in [-0.25, -0.2) is 9.78 Å². The topological polar surface area (TPSA) is 51.2 Å². The van der Waals surface area contributed by atoms with E-state index in [1.807, 2.05) is 6.07 Å². The predicted molar refractivity (Wildman–Crippen MR) is 75.2 cm³/mol. The van der Waals surface area contributed by atoms with Gasteiger partial charge in [-0.05, 0) is 36.8 Å². The van der Waals surface area contributed by atoms with E-state index in [1.54, 1.807) is 12.3 Å². The molecule has 1 heterocycles. The summed E-state index contributed by atoms with van der Waals surface area (Å²) in [6.45, 7) is 3.29. The molecule has 1 aliphatic carbocycles. The molecule has 2 unspecified atom stereocenters. The first-order valence-electron chi connectivity index (χ1n) is 6.97. The Morgan fingerprint density at radius 3 is 3.11 bits per heavy atom. The molecule has 0 amide bonds. The molecule has 1 fully saturated rings. The largest absolute Gasteiger partial charge is 0.464 e. The van der Waals surface area contributed by atoms with Crippen LogP contribution in [0.3, 0.4) is 0 Å². The second kappa shape index (κ2) is 6.55. The Labute approximate surface area is 114 Å². The third-order valence-corrected chi connectivity index (χ3v) is 3.79. The van der Waals surface area contributed by atoms with Gasteiger partial charge >= 0.3 is 5.97 Å². The third-order valence-electron chi connectivity index (χ3n) is 3.79. The van der Waals surface area contributed by atoms with Crippen molar-refractivity contribution >= 4 is 11.7 Å². The number of esters is 1. The van der Waals surface area contributed by atoms with Gasteiger partial charge in [0, 0.05) is 18.4 Å². The average molecular weight is 262 g/mol.